The Morgan fingerprint density at radius 2 is 1.82 bits per heavy atom. The van der Waals surface area contributed by atoms with E-state index < -0.39 is 17.5 Å². The van der Waals surface area contributed by atoms with E-state index in [1.807, 2.05) is 0 Å². The van der Waals surface area contributed by atoms with Crippen LogP contribution in [0.4, 0.5) is 18.9 Å². The topological polar surface area (TPSA) is 59.8 Å². The van der Waals surface area contributed by atoms with Crippen LogP contribution < -0.4 is 5.32 Å². The van der Waals surface area contributed by atoms with Crippen molar-refractivity contribution in [2.45, 2.75) is 11.7 Å². The van der Waals surface area contributed by atoms with Gasteiger partial charge in [-0.05, 0) is 36.4 Å². The first-order valence-corrected chi connectivity index (χ1v) is 9.14. The van der Waals surface area contributed by atoms with Gasteiger partial charge in [0, 0.05) is 18.2 Å². The summed E-state index contributed by atoms with van der Waals surface area (Å²) >= 11 is 1.10. The third-order valence-electron chi connectivity index (χ3n) is 3.67. The molecule has 1 amide bonds. The van der Waals surface area contributed by atoms with Crippen molar-refractivity contribution in [2.24, 2.45) is 0 Å². The van der Waals surface area contributed by atoms with Crippen LogP contribution in [0.25, 0.3) is 11.4 Å². The summed E-state index contributed by atoms with van der Waals surface area (Å²) in [6.45, 7) is 4.08. The zero-order valence-corrected chi connectivity index (χ0v) is 15.3. The highest BCUT2D eigenvalue weighted by Gasteiger charge is 2.16. The minimum Gasteiger partial charge on any atom is -0.323 e. The summed E-state index contributed by atoms with van der Waals surface area (Å²) in [6.07, 6.45) is 1.65. The molecule has 0 aliphatic rings. The molecule has 0 bridgehead atoms. The average Bonchev–Trinajstić information content (AvgIpc) is 3.06. The van der Waals surface area contributed by atoms with Gasteiger partial charge in [0.05, 0.1) is 11.4 Å². The number of rotatable bonds is 7. The highest BCUT2D eigenvalue weighted by Crippen LogP contribution is 2.25. The molecule has 144 valence electrons. The number of carbonyl (C=O) groups excluding carboxylic acids is 1. The van der Waals surface area contributed by atoms with Crippen molar-refractivity contribution in [2.75, 3.05) is 11.1 Å². The van der Waals surface area contributed by atoms with Gasteiger partial charge in [-0.2, -0.15) is 0 Å². The Hall–Kier alpha value is -3.07. The molecular weight excluding hydrogens is 389 g/mol. The van der Waals surface area contributed by atoms with E-state index in [4.69, 9.17) is 0 Å². The van der Waals surface area contributed by atoms with Gasteiger partial charge in [0.15, 0.2) is 11.0 Å². The molecule has 28 heavy (non-hydrogen) atoms. The van der Waals surface area contributed by atoms with E-state index in [2.05, 4.69) is 22.1 Å². The van der Waals surface area contributed by atoms with Crippen LogP contribution in [-0.4, -0.2) is 26.4 Å². The van der Waals surface area contributed by atoms with Gasteiger partial charge in [-0.3, -0.25) is 9.36 Å². The molecule has 0 saturated carbocycles. The van der Waals surface area contributed by atoms with Gasteiger partial charge in [0.2, 0.25) is 5.91 Å². The second-order valence-electron chi connectivity index (χ2n) is 5.67. The molecular formula is C19H15F3N4OS. The van der Waals surface area contributed by atoms with Crippen LogP contribution in [0.15, 0.2) is 60.3 Å². The molecule has 2 aromatic carbocycles. The largest absolute Gasteiger partial charge is 0.323 e. The van der Waals surface area contributed by atoms with Gasteiger partial charge in [0.25, 0.3) is 0 Å². The third kappa shape index (κ3) is 4.61. The number of nitrogens with zero attached hydrogens (tertiary/aromatic N) is 3. The first-order valence-electron chi connectivity index (χ1n) is 8.15. The summed E-state index contributed by atoms with van der Waals surface area (Å²) in [7, 11) is 0. The fourth-order valence-corrected chi connectivity index (χ4v) is 3.16. The van der Waals surface area contributed by atoms with Crippen LogP contribution in [0.5, 0.6) is 0 Å². The molecule has 1 N–H and O–H groups in total. The first kappa shape index (κ1) is 19.7. The molecule has 9 heteroatoms. The second-order valence-corrected chi connectivity index (χ2v) is 6.62. The quantitative estimate of drug-likeness (QED) is 0.472. The number of hydrogen-bond acceptors (Lipinski definition) is 4. The van der Waals surface area contributed by atoms with Crippen LogP contribution in [0, 0.1) is 17.5 Å². The fourth-order valence-electron chi connectivity index (χ4n) is 2.41. The zero-order chi connectivity index (χ0) is 20.1. The Morgan fingerprint density at radius 1 is 1.11 bits per heavy atom. The van der Waals surface area contributed by atoms with E-state index in [-0.39, 0.29) is 17.3 Å². The molecule has 1 heterocycles. The summed E-state index contributed by atoms with van der Waals surface area (Å²) in [5.41, 5.74) is 0.562. The van der Waals surface area contributed by atoms with Crippen molar-refractivity contribution >= 4 is 23.4 Å². The maximum Gasteiger partial charge on any atom is 0.234 e. The van der Waals surface area contributed by atoms with Crippen LogP contribution >= 0.6 is 11.8 Å². The summed E-state index contributed by atoms with van der Waals surface area (Å²) in [5, 5.41) is 11.0. The summed E-state index contributed by atoms with van der Waals surface area (Å²) in [4.78, 5) is 12.1. The SMILES string of the molecule is C=CCn1c(SCC(=O)Nc2ccc(F)cc2F)nnc1-c1ccc(F)cc1. The van der Waals surface area contributed by atoms with Gasteiger partial charge in [-0.1, -0.05) is 17.8 Å². The Morgan fingerprint density at radius 3 is 2.50 bits per heavy atom. The van der Waals surface area contributed by atoms with Crippen molar-refractivity contribution in [3.05, 3.63) is 72.6 Å². The number of hydrogen-bond donors (Lipinski definition) is 1. The smallest absolute Gasteiger partial charge is 0.234 e. The van der Waals surface area contributed by atoms with Crippen molar-refractivity contribution in [3.8, 4) is 11.4 Å². The summed E-state index contributed by atoms with van der Waals surface area (Å²) in [6, 6.07) is 8.70. The lowest BCUT2D eigenvalue weighted by Gasteiger charge is -2.08. The van der Waals surface area contributed by atoms with E-state index in [0.29, 0.717) is 29.2 Å². The van der Waals surface area contributed by atoms with Gasteiger partial charge < -0.3 is 5.32 Å². The number of thioether (sulfide) groups is 1. The van der Waals surface area contributed by atoms with Gasteiger partial charge in [0.1, 0.15) is 17.5 Å². The van der Waals surface area contributed by atoms with Gasteiger partial charge >= 0.3 is 0 Å². The van der Waals surface area contributed by atoms with E-state index in [9.17, 15) is 18.0 Å². The predicted octanol–water partition coefficient (Wildman–Crippen LogP) is 4.28. The monoisotopic (exact) mass is 404 g/mol. The molecule has 3 rings (SSSR count). The number of halogens is 3. The van der Waals surface area contributed by atoms with Crippen LogP contribution in [0.1, 0.15) is 0 Å². The number of allylic oxidation sites excluding steroid dienone is 1. The molecule has 0 radical (unpaired) electrons. The van der Waals surface area contributed by atoms with Crippen molar-refractivity contribution in [1.29, 1.82) is 0 Å². The number of nitrogens with one attached hydrogen (secondary N) is 1. The fraction of sp³-hybridized carbons (Fsp3) is 0.105. The molecule has 0 unspecified atom stereocenters. The highest BCUT2D eigenvalue weighted by atomic mass is 32.2. The average molecular weight is 404 g/mol. The molecule has 0 atom stereocenters. The molecule has 3 aromatic rings. The molecule has 0 aliphatic heterocycles. The van der Waals surface area contributed by atoms with E-state index in [1.165, 1.54) is 12.1 Å². The second kappa shape index (κ2) is 8.75. The molecule has 0 spiro atoms. The van der Waals surface area contributed by atoms with Crippen LogP contribution in [0.2, 0.25) is 0 Å². The third-order valence-corrected chi connectivity index (χ3v) is 4.64. The number of benzene rings is 2. The number of carbonyl (C=O) groups is 1. The normalized spacial score (nSPS) is 10.7. The van der Waals surface area contributed by atoms with Crippen LogP contribution in [0.3, 0.4) is 0 Å². The van der Waals surface area contributed by atoms with Crippen LogP contribution in [-0.2, 0) is 11.3 Å². The molecule has 0 saturated heterocycles. The zero-order valence-electron chi connectivity index (χ0n) is 14.5. The van der Waals surface area contributed by atoms with Crippen molar-refractivity contribution in [1.82, 2.24) is 14.8 Å². The van der Waals surface area contributed by atoms with E-state index >= 15 is 0 Å². The van der Waals surface area contributed by atoms with Gasteiger partial charge in [-0.25, -0.2) is 13.2 Å². The Balaban J connectivity index is 1.72. The minimum absolute atomic E-state index is 0.0600. The van der Waals surface area contributed by atoms with E-state index in [0.717, 1.165) is 23.9 Å². The molecule has 0 fully saturated rings. The molecule has 1 aromatic heterocycles. The van der Waals surface area contributed by atoms with Crippen molar-refractivity contribution < 1.29 is 18.0 Å². The Labute approximate surface area is 163 Å². The lowest BCUT2D eigenvalue weighted by molar-refractivity contribution is -0.113. The standard InChI is InChI=1S/C19H15F3N4OS/c1-2-9-26-18(12-3-5-13(20)6-4-12)24-25-19(26)28-11-17(27)23-16-8-7-14(21)10-15(16)22/h2-8,10H,1,9,11H2,(H,23,27). The number of amides is 1. The van der Waals surface area contributed by atoms with Gasteiger partial charge in [-0.15, -0.1) is 16.8 Å². The lowest BCUT2D eigenvalue weighted by Crippen LogP contribution is -2.15. The van der Waals surface area contributed by atoms with Crippen molar-refractivity contribution in [3.63, 3.8) is 0 Å². The lowest BCUT2D eigenvalue weighted by atomic mass is 10.2. The molecule has 0 aliphatic carbocycles. The number of anilines is 1. The summed E-state index contributed by atoms with van der Waals surface area (Å²) in [5.74, 6) is -1.98. The Bertz CT molecular complexity index is 1000. The number of aromatic nitrogens is 3. The Kier molecular flexibility index (Phi) is 6.15. The highest BCUT2D eigenvalue weighted by molar-refractivity contribution is 7.99. The van der Waals surface area contributed by atoms with E-state index in [1.54, 1.807) is 22.8 Å². The minimum atomic E-state index is -0.855. The first-order chi connectivity index (χ1) is 13.5. The molecule has 5 nitrogen and oxygen atoms in total. The predicted molar refractivity (Wildman–Crippen MR) is 101 cm³/mol. The maximum atomic E-state index is 13.6. The summed E-state index contributed by atoms with van der Waals surface area (Å²) < 4.78 is 41.4. The maximum absolute atomic E-state index is 13.6.